The van der Waals surface area contributed by atoms with E-state index in [0.717, 1.165) is 16.8 Å². The maximum Gasteiger partial charge on any atom is 0.272 e. The minimum Gasteiger partial charge on any atom is -0.496 e. The molecule has 278 valence electrons. The standard InChI is InChI=1S/C42H35ClN4O6S2/c1-51-35-24-37(53-3)36(52-2)22-29(35)21-33(45-39(48)28-13-8-5-9-14-28)40(49)44-31-15-10-16-32(23-31)55-38(27-11-6-4-7-12-27)41(50)47-42-46-34(25-54-42)26-17-19-30(43)20-18-26/h4-25,38H,1-3H3,(H,44,49)(H,45,48)(H,46,47,50)/b33-21+. The number of ether oxygens (including phenoxy) is 3. The van der Waals surface area contributed by atoms with Gasteiger partial charge in [-0.05, 0) is 60.2 Å². The van der Waals surface area contributed by atoms with E-state index in [-0.39, 0.29) is 11.6 Å². The van der Waals surface area contributed by atoms with Crippen LogP contribution >= 0.6 is 34.7 Å². The van der Waals surface area contributed by atoms with Crippen molar-refractivity contribution in [1.29, 1.82) is 0 Å². The molecule has 0 aliphatic carbocycles. The fraction of sp³-hybridized carbons (Fsp3) is 0.0952. The number of carbonyl (C=O) groups excluding carboxylic acids is 3. The molecule has 3 N–H and O–H groups in total. The van der Waals surface area contributed by atoms with E-state index >= 15 is 0 Å². The highest BCUT2D eigenvalue weighted by molar-refractivity contribution is 8.00. The number of nitrogens with one attached hydrogen (secondary N) is 3. The highest BCUT2D eigenvalue weighted by Crippen LogP contribution is 2.39. The summed E-state index contributed by atoms with van der Waals surface area (Å²) in [7, 11) is 4.49. The zero-order chi connectivity index (χ0) is 38.7. The number of carbonyl (C=O) groups is 3. The van der Waals surface area contributed by atoms with Crippen LogP contribution in [0.5, 0.6) is 17.2 Å². The van der Waals surface area contributed by atoms with E-state index in [1.807, 2.05) is 53.9 Å². The van der Waals surface area contributed by atoms with Gasteiger partial charge in [-0.3, -0.25) is 14.4 Å². The SMILES string of the molecule is COc1cc(OC)c(OC)cc1/C=C(/NC(=O)c1ccccc1)C(=O)Nc1cccc(SC(C(=O)Nc2nc(-c3ccc(Cl)cc3)cs2)c2ccccc2)c1. The predicted octanol–water partition coefficient (Wildman–Crippen LogP) is 9.37. The average Bonchev–Trinajstić information content (AvgIpc) is 3.68. The first-order valence-corrected chi connectivity index (χ1v) is 18.9. The fourth-order valence-corrected chi connectivity index (χ4v) is 7.33. The lowest BCUT2D eigenvalue weighted by Gasteiger charge is -2.17. The van der Waals surface area contributed by atoms with Gasteiger partial charge < -0.3 is 30.2 Å². The molecule has 5 aromatic carbocycles. The first kappa shape index (κ1) is 38.6. The Labute approximate surface area is 331 Å². The van der Waals surface area contributed by atoms with E-state index in [1.165, 1.54) is 50.5 Å². The lowest BCUT2D eigenvalue weighted by atomic mass is 10.1. The summed E-state index contributed by atoms with van der Waals surface area (Å²) < 4.78 is 16.5. The van der Waals surface area contributed by atoms with Crippen LogP contribution in [0.2, 0.25) is 5.02 Å². The number of aromatic nitrogens is 1. The van der Waals surface area contributed by atoms with Crippen molar-refractivity contribution in [3.63, 3.8) is 0 Å². The summed E-state index contributed by atoms with van der Waals surface area (Å²) in [4.78, 5) is 46.5. The molecule has 1 unspecified atom stereocenters. The number of rotatable bonds is 14. The summed E-state index contributed by atoms with van der Waals surface area (Å²) in [5, 5.41) is 10.9. The van der Waals surface area contributed by atoms with Crippen LogP contribution in [-0.4, -0.2) is 44.0 Å². The zero-order valence-corrected chi connectivity index (χ0v) is 32.3. The van der Waals surface area contributed by atoms with Gasteiger partial charge >= 0.3 is 0 Å². The highest BCUT2D eigenvalue weighted by atomic mass is 35.5. The van der Waals surface area contributed by atoms with Gasteiger partial charge in [-0.15, -0.1) is 23.1 Å². The molecular formula is C42H35ClN4O6S2. The molecule has 0 aliphatic heterocycles. The predicted molar refractivity (Wildman–Crippen MR) is 219 cm³/mol. The lowest BCUT2D eigenvalue weighted by Crippen LogP contribution is -2.30. The maximum atomic E-state index is 14.0. The Morgan fingerprint density at radius 3 is 2.13 bits per heavy atom. The van der Waals surface area contributed by atoms with Crippen molar-refractivity contribution < 1.29 is 28.6 Å². The Kier molecular flexibility index (Phi) is 12.9. The molecule has 0 aliphatic rings. The normalized spacial score (nSPS) is 11.6. The topological polar surface area (TPSA) is 128 Å². The van der Waals surface area contributed by atoms with Crippen molar-refractivity contribution in [2.45, 2.75) is 10.1 Å². The molecule has 0 radical (unpaired) electrons. The van der Waals surface area contributed by atoms with Gasteiger partial charge in [-0.2, -0.15) is 0 Å². The number of nitrogens with zero attached hydrogens (tertiary/aromatic N) is 1. The van der Waals surface area contributed by atoms with Crippen molar-refractivity contribution in [3.05, 3.63) is 154 Å². The molecule has 0 bridgehead atoms. The van der Waals surface area contributed by atoms with Gasteiger partial charge in [0, 0.05) is 43.7 Å². The van der Waals surface area contributed by atoms with Crippen LogP contribution in [0.4, 0.5) is 10.8 Å². The Morgan fingerprint density at radius 2 is 1.44 bits per heavy atom. The van der Waals surface area contributed by atoms with Crippen LogP contribution in [0, 0.1) is 0 Å². The van der Waals surface area contributed by atoms with Gasteiger partial charge in [0.05, 0.1) is 27.0 Å². The third kappa shape index (κ3) is 9.92. The molecular weight excluding hydrogens is 756 g/mol. The maximum absolute atomic E-state index is 14.0. The van der Waals surface area contributed by atoms with E-state index < -0.39 is 17.1 Å². The van der Waals surface area contributed by atoms with Crippen LogP contribution in [0.1, 0.15) is 26.7 Å². The summed E-state index contributed by atoms with van der Waals surface area (Å²) >= 11 is 8.70. The molecule has 1 atom stereocenters. The molecule has 6 rings (SSSR count). The largest absolute Gasteiger partial charge is 0.496 e. The minimum atomic E-state index is -0.659. The highest BCUT2D eigenvalue weighted by Gasteiger charge is 2.24. The first-order chi connectivity index (χ1) is 26.7. The number of hydrogen-bond acceptors (Lipinski definition) is 9. The number of halogens is 1. The van der Waals surface area contributed by atoms with Crippen molar-refractivity contribution >= 4 is 69.3 Å². The number of thiazole rings is 1. The number of benzene rings is 5. The number of amides is 3. The molecule has 55 heavy (non-hydrogen) atoms. The van der Waals surface area contributed by atoms with Gasteiger partial charge in [-0.25, -0.2) is 4.98 Å². The Morgan fingerprint density at radius 1 is 0.764 bits per heavy atom. The number of methoxy groups -OCH3 is 3. The number of anilines is 2. The number of hydrogen-bond donors (Lipinski definition) is 3. The summed E-state index contributed by atoms with van der Waals surface area (Å²) in [6.45, 7) is 0. The second kappa shape index (κ2) is 18.3. The van der Waals surface area contributed by atoms with Gasteiger partial charge in [0.1, 0.15) is 16.7 Å². The van der Waals surface area contributed by atoms with E-state index in [1.54, 1.807) is 72.8 Å². The third-order valence-electron chi connectivity index (χ3n) is 8.13. The molecule has 10 nitrogen and oxygen atoms in total. The first-order valence-electron chi connectivity index (χ1n) is 16.8. The monoisotopic (exact) mass is 790 g/mol. The lowest BCUT2D eigenvalue weighted by molar-refractivity contribution is -0.116. The van der Waals surface area contributed by atoms with Crippen LogP contribution in [0.15, 0.2) is 137 Å². The van der Waals surface area contributed by atoms with Crippen molar-refractivity contribution in [2.24, 2.45) is 0 Å². The molecule has 1 heterocycles. The summed E-state index contributed by atoms with van der Waals surface area (Å²) in [6, 6.07) is 35.7. The van der Waals surface area contributed by atoms with E-state index in [2.05, 4.69) is 20.9 Å². The van der Waals surface area contributed by atoms with Crippen LogP contribution in [0.25, 0.3) is 17.3 Å². The van der Waals surface area contributed by atoms with Crippen LogP contribution < -0.4 is 30.2 Å². The molecule has 3 amide bonds. The summed E-state index contributed by atoms with van der Waals surface area (Å²) in [6.07, 6.45) is 1.50. The van der Waals surface area contributed by atoms with Crippen molar-refractivity contribution in [3.8, 4) is 28.5 Å². The second-order valence-corrected chi connectivity index (χ2v) is 14.2. The molecule has 0 fully saturated rings. The van der Waals surface area contributed by atoms with Crippen molar-refractivity contribution in [2.75, 3.05) is 32.0 Å². The molecule has 0 spiro atoms. The summed E-state index contributed by atoms with van der Waals surface area (Å²) in [5.74, 6) is -0.118. The molecule has 1 aromatic heterocycles. The zero-order valence-electron chi connectivity index (χ0n) is 29.9. The van der Waals surface area contributed by atoms with Gasteiger partial charge in [0.25, 0.3) is 11.8 Å². The second-order valence-electron chi connectivity index (χ2n) is 11.8. The quantitative estimate of drug-likeness (QED) is 0.0736. The third-order valence-corrected chi connectivity index (χ3v) is 10.4. The van der Waals surface area contributed by atoms with E-state index in [0.29, 0.717) is 49.1 Å². The van der Waals surface area contributed by atoms with Crippen molar-refractivity contribution in [1.82, 2.24) is 10.3 Å². The fourth-order valence-electron chi connectivity index (χ4n) is 5.40. The van der Waals surface area contributed by atoms with E-state index in [4.69, 9.17) is 25.8 Å². The minimum absolute atomic E-state index is 0.0552. The average molecular weight is 791 g/mol. The van der Waals surface area contributed by atoms with E-state index in [9.17, 15) is 14.4 Å². The van der Waals surface area contributed by atoms with Gasteiger partial charge in [0.15, 0.2) is 16.6 Å². The Hall–Kier alpha value is -6.08. The Balaban J connectivity index is 1.25. The molecule has 13 heteroatoms. The molecule has 0 saturated heterocycles. The Bertz CT molecular complexity index is 2320. The van der Waals surface area contributed by atoms with Crippen LogP contribution in [0.3, 0.4) is 0 Å². The van der Waals surface area contributed by atoms with Gasteiger partial charge in [0.2, 0.25) is 5.91 Å². The molecule has 6 aromatic rings. The van der Waals surface area contributed by atoms with Gasteiger partial charge in [-0.1, -0.05) is 78.3 Å². The number of thioether (sulfide) groups is 1. The summed E-state index contributed by atoms with van der Waals surface area (Å²) in [5.41, 5.74) is 3.60. The van der Waals surface area contributed by atoms with Crippen LogP contribution in [-0.2, 0) is 9.59 Å². The molecule has 0 saturated carbocycles. The smallest absolute Gasteiger partial charge is 0.272 e.